The maximum absolute atomic E-state index is 10.9. The number of anilines is 1. The minimum Gasteiger partial charge on any atom is -0.507 e. The second kappa shape index (κ2) is 8.05. The van der Waals surface area contributed by atoms with Crippen LogP contribution < -0.4 is 4.90 Å². The molecular formula is C24H34N4O. The molecule has 1 aliphatic rings. The monoisotopic (exact) mass is 394 g/mol. The van der Waals surface area contributed by atoms with E-state index in [2.05, 4.69) is 74.6 Å². The van der Waals surface area contributed by atoms with Gasteiger partial charge in [-0.2, -0.15) is 5.10 Å². The van der Waals surface area contributed by atoms with Gasteiger partial charge in [-0.1, -0.05) is 47.6 Å². The molecule has 5 nitrogen and oxygen atoms in total. The Morgan fingerprint density at radius 2 is 1.52 bits per heavy atom. The molecule has 1 aromatic carbocycles. The maximum atomic E-state index is 10.9. The molecule has 1 aliphatic heterocycles. The standard InChI is InChI=1S/C24H34N4O/c1-23(2,3)19-15-18(16-20(22(19)29)24(4,5)6)17-26-28-13-11-27(12-14-28)21-9-7-8-10-25-21/h7-10,15-17,29H,11-14H2,1-6H3. The van der Waals surface area contributed by atoms with Crippen molar-refractivity contribution in [1.29, 1.82) is 0 Å². The third kappa shape index (κ3) is 5.08. The molecule has 2 heterocycles. The summed E-state index contributed by atoms with van der Waals surface area (Å²) < 4.78 is 0. The predicted octanol–water partition coefficient (Wildman–Crippen LogP) is 4.54. The first-order chi connectivity index (χ1) is 13.6. The van der Waals surface area contributed by atoms with Crippen molar-refractivity contribution in [2.75, 3.05) is 31.1 Å². The number of hydrazone groups is 1. The highest BCUT2D eigenvalue weighted by Gasteiger charge is 2.26. The third-order valence-corrected chi connectivity index (χ3v) is 5.35. The highest BCUT2D eigenvalue weighted by Crippen LogP contribution is 2.39. The molecule has 0 unspecified atom stereocenters. The summed E-state index contributed by atoms with van der Waals surface area (Å²) in [5.74, 6) is 1.44. The summed E-state index contributed by atoms with van der Waals surface area (Å²) in [6.45, 7) is 16.3. The number of hydrogen-bond acceptors (Lipinski definition) is 5. The topological polar surface area (TPSA) is 52.0 Å². The largest absolute Gasteiger partial charge is 0.507 e. The Kier molecular flexibility index (Phi) is 5.87. The van der Waals surface area contributed by atoms with Crippen LogP contribution in [0.25, 0.3) is 0 Å². The molecule has 0 spiro atoms. The van der Waals surface area contributed by atoms with E-state index in [-0.39, 0.29) is 10.8 Å². The summed E-state index contributed by atoms with van der Waals surface area (Å²) in [6.07, 6.45) is 3.77. The van der Waals surface area contributed by atoms with E-state index >= 15 is 0 Å². The summed E-state index contributed by atoms with van der Waals surface area (Å²) in [7, 11) is 0. The lowest BCUT2D eigenvalue weighted by Gasteiger charge is -2.33. The molecule has 0 amide bonds. The van der Waals surface area contributed by atoms with Crippen LogP contribution >= 0.6 is 0 Å². The van der Waals surface area contributed by atoms with Crippen LogP contribution in [0, 0.1) is 0 Å². The fraction of sp³-hybridized carbons (Fsp3) is 0.500. The fourth-order valence-electron chi connectivity index (χ4n) is 3.60. The number of rotatable bonds is 3. The lowest BCUT2D eigenvalue weighted by molar-refractivity contribution is 0.271. The average molecular weight is 395 g/mol. The van der Waals surface area contributed by atoms with Crippen LogP contribution in [0.1, 0.15) is 58.2 Å². The molecule has 1 fully saturated rings. The summed E-state index contributed by atoms with van der Waals surface area (Å²) in [4.78, 5) is 6.73. The molecule has 0 aliphatic carbocycles. The minimum absolute atomic E-state index is 0.137. The van der Waals surface area contributed by atoms with Crippen molar-refractivity contribution in [3.05, 3.63) is 53.2 Å². The lowest BCUT2D eigenvalue weighted by atomic mass is 9.78. The number of phenolic OH excluding ortho intramolecular Hbond substituents is 1. The molecule has 1 N–H and O–H groups in total. The SMILES string of the molecule is CC(C)(C)c1cc(C=NN2CCN(c3ccccn3)CC2)cc(C(C)(C)C)c1O. The molecule has 2 aromatic rings. The smallest absolute Gasteiger partial charge is 0.128 e. The van der Waals surface area contributed by atoms with E-state index in [0.29, 0.717) is 5.75 Å². The summed E-state index contributed by atoms with van der Waals surface area (Å²) in [6, 6.07) is 10.2. The first-order valence-electron chi connectivity index (χ1n) is 10.4. The molecule has 0 bridgehead atoms. The van der Waals surface area contributed by atoms with Crippen LogP contribution in [-0.4, -0.2) is 47.5 Å². The van der Waals surface area contributed by atoms with E-state index in [1.807, 2.05) is 24.5 Å². The van der Waals surface area contributed by atoms with Crippen molar-refractivity contribution in [3.63, 3.8) is 0 Å². The van der Waals surface area contributed by atoms with Crippen molar-refractivity contribution in [1.82, 2.24) is 9.99 Å². The quantitative estimate of drug-likeness (QED) is 0.777. The first-order valence-corrected chi connectivity index (χ1v) is 10.4. The summed E-state index contributed by atoms with van der Waals surface area (Å²) >= 11 is 0. The number of pyridine rings is 1. The molecule has 1 saturated heterocycles. The zero-order valence-electron chi connectivity index (χ0n) is 18.6. The van der Waals surface area contributed by atoms with Gasteiger partial charge < -0.3 is 10.0 Å². The average Bonchev–Trinajstić information content (AvgIpc) is 2.66. The van der Waals surface area contributed by atoms with E-state index in [1.54, 1.807) is 0 Å². The Labute approximate surface area is 175 Å². The van der Waals surface area contributed by atoms with E-state index < -0.39 is 0 Å². The molecule has 29 heavy (non-hydrogen) atoms. The zero-order chi connectivity index (χ0) is 21.2. The maximum Gasteiger partial charge on any atom is 0.128 e. The van der Waals surface area contributed by atoms with Gasteiger partial charge in [0.15, 0.2) is 0 Å². The van der Waals surface area contributed by atoms with Gasteiger partial charge in [0.05, 0.1) is 19.3 Å². The van der Waals surface area contributed by atoms with E-state index in [1.165, 1.54) is 0 Å². The van der Waals surface area contributed by atoms with Gasteiger partial charge in [-0.15, -0.1) is 0 Å². The van der Waals surface area contributed by atoms with Gasteiger partial charge in [-0.05, 0) is 40.7 Å². The van der Waals surface area contributed by atoms with Crippen LogP contribution in [0.15, 0.2) is 41.6 Å². The molecule has 156 valence electrons. The van der Waals surface area contributed by atoms with Gasteiger partial charge in [0.2, 0.25) is 0 Å². The van der Waals surface area contributed by atoms with E-state index in [4.69, 9.17) is 5.10 Å². The minimum atomic E-state index is -0.137. The Bertz CT molecular complexity index is 820. The van der Waals surface area contributed by atoms with Gasteiger partial charge in [-0.25, -0.2) is 4.98 Å². The predicted molar refractivity (Wildman–Crippen MR) is 121 cm³/mol. The summed E-state index contributed by atoms with van der Waals surface area (Å²) in [5, 5.41) is 17.7. The number of hydrogen-bond donors (Lipinski definition) is 1. The number of aromatic hydroxyl groups is 1. The van der Waals surface area contributed by atoms with Crippen molar-refractivity contribution >= 4 is 12.0 Å². The number of phenols is 1. The number of nitrogens with zero attached hydrogens (tertiary/aromatic N) is 4. The van der Waals surface area contributed by atoms with Crippen molar-refractivity contribution in [3.8, 4) is 5.75 Å². The van der Waals surface area contributed by atoms with Crippen LogP contribution in [0.4, 0.5) is 5.82 Å². The van der Waals surface area contributed by atoms with Gasteiger partial charge >= 0.3 is 0 Å². The number of piperazine rings is 1. The van der Waals surface area contributed by atoms with Crippen molar-refractivity contribution in [2.24, 2.45) is 5.10 Å². The highest BCUT2D eigenvalue weighted by molar-refractivity contribution is 5.81. The Hall–Kier alpha value is -2.56. The van der Waals surface area contributed by atoms with Gasteiger partial charge in [0, 0.05) is 30.4 Å². The Balaban J connectivity index is 1.77. The fourth-order valence-corrected chi connectivity index (χ4v) is 3.60. The van der Waals surface area contributed by atoms with Crippen LogP contribution in [0.2, 0.25) is 0 Å². The molecule has 0 atom stereocenters. The first kappa shape index (κ1) is 21.2. The molecular weight excluding hydrogens is 360 g/mol. The van der Waals surface area contributed by atoms with Gasteiger partial charge in [-0.3, -0.25) is 5.01 Å². The zero-order valence-corrected chi connectivity index (χ0v) is 18.6. The third-order valence-electron chi connectivity index (χ3n) is 5.35. The van der Waals surface area contributed by atoms with Crippen LogP contribution in [-0.2, 0) is 10.8 Å². The molecule has 0 saturated carbocycles. The second-order valence-electron chi connectivity index (χ2n) is 9.84. The van der Waals surface area contributed by atoms with E-state index in [0.717, 1.165) is 48.7 Å². The number of aromatic nitrogens is 1. The van der Waals surface area contributed by atoms with Gasteiger partial charge in [0.25, 0.3) is 0 Å². The lowest BCUT2D eigenvalue weighted by Crippen LogP contribution is -2.44. The number of benzene rings is 1. The molecule has 0 radical (unpaired) electrons. The second-order valence-corrected chi connectivity index (χ2v) is 9.84. The van der Waals surface area contributed by atoms with Gasteiger partial charge in [0.1, 0.15) is 11.6 Å². The summed E-state index contributed by atoms with van der Waals surface area (Å²) in [5.41, 5.74) is 2.69. The Morgan fingerprint density at radius 1 is 0.931 bits per heavy atom. The van der Waals surface area contributed by atoms with Crippen molar-refractivity contribution < 1.29 is 5.11 Å². The van der Waals surface area contributed by atoms with Crippen LogP contribution in [0.3, 0.4) is 0 Å². The Morgan fingerprint density at radius 3 is 2.00 bits per heavy atom. The highest BCUT2D eigenvalue weighted by atomic mass is 16.3. The molecule has 1 aromatic heterocycles. The van der Waals surface area contributed by atoms with Crippen LogP contribution in [0.5, 0.6) is 5.75 Å². The van der Waals surface area contributed by atoms with Crippen molar-refractivity contribution in [2.45, 2.75) is 52.4 Å². The molecule has 3 rings (SSSR count). The van der Waals surface area contributed by atoms with E-state index in [9.17, 15) is 5.11 Å². The molecule has 5 heteroatoms. The normalized spacial score (nSPS) is 15.9.